The first-order chi connectivity index (χ1) is 11.7. The predicted octanol–water partition coefficient (Wildman–Crippen LogP) is 3.70. The Morgan fingerprint density at radius 3 is 2.67 bits per heavy atom. The number of hydrogen-bond donors (Lipinski definition) is 2. The van der Waals surface area contributed by atoms with E-state index in [1.807, 2.05) is 37.4 Å². The van der Waals surface area contributed by atoms with Gasteiger partial charge in [0, 0.05) is 43.0 Å². The van der Waals surface area contributed by atoms with Gasteiger partial charge in [-0.05, 0) is 37.1 Å². The van der Waals surface area contributed by atoms with E-state index in [4.69, 9.17) is 0 Å². The largest absolute Gasteiger partial charge is 0.355 e. The first-order valence-electron chi connectivity index (χ1n) is 7.88. The summed E-state index contributed by atoms with van der Waals surface area (Å²) >= 11 is 0. The van der Waals surface area contributed by atoms with Crippen molar-refractivity contribution in [3.05, 3.63) is 66.3 Å². The number of carbonyl (C=O) groups excluding carboxylic acids is 1. The van der Waals surface area contributed by atoms with Crippen LogP contribution in [0.1, 0.15) is 29.3 Å². The topological polar surface area (TPSA) is 66.9 Å². The van der Waals surface area contributed by atoms with Crippen LogP contribution >= 0.6 is 0 Å². The molecule has 0 aliphatic heterocycles. The summed E-state index contributed by atoms with van der Waals surface area (Å²) in [7, 11) is 1.60. The molecule has 0 atom stereocenters. The van der Waals surface area contributed by atoms with Gasteiger partial charge in [0.25, 0.3) is 5.91 Å². The van der Waals surface area contributed by atoms with E-state index in [0.717, 1.165) is 28.9 Å². The van der Waals surface area contributed by atoms with Crippen molar-refractivity contribution >= 4 is 11.7 Å². The summed E-state index contributed by atoms with van der Waals surface area (Å²) in [5, 5.41) is 5.77. The number of carbonyl (C=O) groups is 1. The minimum Gasteiger partial charge on any atom is -0.355 e. The number of rotatable bonds is 6. The van der Waals surface area contributed by atoms with E-state index in [0.29, 0.717) is 5.56 Å². The Bertz CT molecular complexity index is 766. The monoisotopic (exact) mass is 322 g/mol. The van der Waals surface area contributed by atoms with E-state index in [9.17, 15) is 4.79 Å². The van der Waals surface area contributed by atoms with Crippen LogP contribution in [-0.2, 0) is 0 Å². The van der Waals surface area contributed by atoms with Gasteiger partial charge < -0.3 is 10.6 Å². The molecule has 0 aliphatic rings. The first kappa shape index (κ1) is 17.4. The molecule has 0 spiro atoms. The maximum atomic E-state index is 11.7. The molecule has 2 rings (SSSR count). The summed E-state index contributed by atoms with van der Waals surface area (Å²) in [6.45, 7) is 4.08. The van der Waals surface area contributed by atoms with E-state index in [2.05, 4.69) is 33.6 Å². The van der Waals surface area contributed by atoms with Crippen molar-refractivity contribution in [1.29, 1.82) is 0 Å². The van der Waals surface area contributed by atoms with Crippen molar-refractivity contribution in [2.75, 3.05) is 12.4 Å². The average molecular weight is 322 g/mol. The Hall–Kier alpha value is -2.95. The summed E-state index contributed by atoms with van der Waals surface area (Å²) in [6.07, 6.45) is 13.9. The Morgan fingerprint density at radius 2 is 1.96 bits per heavy atom. The second kappa shape index (κ2) is 8.62. The fourth-order valence-corrected chi connectivity index (χ4v) is 2.15. The molecule has 0 bridgehead atoms. The van der Waals surface area contributed by atoms with Gasteiger partial charge in [-0.3, -0.25) is 9.78 Å². The lowest BCUT2D eigenvalue weighted by molar-refractivity contribution is 0.0963. The molecule has 0 radical (unpaired) electrons. The number of aryl methyl sites for hydroxylation is 1. The fourth-order valence-electron chi connectivity index (χ4n) is 2.15. The number of nitrogens with zero attached hydrogens (tertiary/aromatic N) is 2. The lowest BCUT2D eigenvalue weighted by Crippen LogP contribution is -2.17. The molecular formula is C19H22N4O. The van der Waals surface area contributed by atoms with Crippen molar-refractivity contribution < 1.29 is 4.79 Å². The van der Waals surface area contributed by atoms with E-state index in [-0.39, 0.29) is 5.91 Å². The fraction of sp³-hybridized carbons (Fsp3) is 0.211. The number of hydrogen-bond acceptors (Lipinski definition) is 4. The van der Waals surface area contributed by atoms with Gasteiger partial charge in [-0.2, -0.15) is 0 Å². The molecule has 2 aromatic heterocycles. The lowest BCUT2D eigenvalue weighted by atomic mass is 10.1. The molecule has 2 N–H and O–H groups in total. The van der Waals surface area contributed by atoms with Crippen LogP contribution in [0.3, 0.4) is 0 Å². The zero-order valence-electron chi connectivity index (χ0n) is 14.2. The molecule has 5 heteroatoms. The second-order valence-electron chi connectivity index (χ2n) is 5.27. The van der Waals surface area contributed by atoms with Gasteiger partial charge in [0.05, 0.1) is 5.56 Å². The highest BCUT2D eigenvalue weighted by Gasteiger charge is 2.07. The smallest absolute Gasteiger partial charge is 0.252 e. The third-order valence-corrected chi connectivity index (χ3v) is 3.44. The highest BCUT2D eigenvalue weighted by Crippen LogP contribution is 2.23. The zero-order chi connectivity index (χ0) is 17.4. The van der Waals surface area contributed by atoms with Crippen LogP contribution in [0.25, 0.3) is 11.1 Å². The molecule has 0 aliphatic carbocycles. The molecule has 5 nitrogen and oxygen atoms in total. The third kappa shape index (κ3) is 4.52. The van der Waals surface area contributed by atoms with Gasteiger partial charge in [0.2, 0.25) is 0 Å². The summed E-state index contributed by atoms with van der Waals surface area (Å²) in [5.41, 5.74) is 3.33. The number of allylic oxidation sites excluding steroid dienone is 3. The Labute approximate surface area is 142 Å². The maximum absolute atomic E-state index is 11.7. The average Bonchev–Trinajstić information content (AvgIpc) is 2.62. The highest BCUT2D eigenvalue weighted by atomic mass is 16.1. The van der Waals surface area contributed by atoms with Crippen LogP contribution in [0, 0.1) is 6.92 Å². The number of nitrogens with one attached hydrogen (secondary N) is 2. The summed E-state index contributed by atoms with van der Waals surface area (Å²) < 4.78 is 0. The highest BCUT2D eigenvalue weighted by molar-refractivity contribution is 5.94. The van der Waals surface area contributed by atoms with E-state index >= 15 is 0 Å². The van der Waals surface area contributed by atoms with Gasteiger partial charge in [-0.25, -0.2) is 4.98 Å². The maximum Gasteiger partial charge on any atom is 0.252 e. The Kier molecular flexibility index (Phi) is 6.25. The minimum atomic E-state index is -0.155. The van der Waals surface area contributed by atoms with Gasteiger partial charge in [0.15, 0.2) is 0 Å². The predicted molar refractivity (Wildman–Crippen MR) is 97.8 cm³/mol. The van der Waals surface area contributed by atoms with Crippen molar-refractivity contribution in [2.24, 2.45) is 0 Å². The molecule has 24 heavy (non-hydrogen) atoms. The quantitative estimate of drug-likeness (QED) is 0.796. The second-order valence-corrected chi connectivity index (χ2v) is 5.27. The molecule has 0 fully saturated rings. The summed E-state index contributed by atoms with van der Waals surface area (Å²) in [4.78, 5) is 20.3. The SMILES string of the molecule is CC/C=C/C=C/Nc1ncc(-c2cncc(C(=O)NC)c2)cc1C. The molecule has 0 unspecified atom stereocenters. The van der Waals surface area contributed by atoms with Crippen molar-refractivity contribution in [1.82, 2.24) is 15.3 Å². The van der Waals surface area contributed by atoms with Gasteiger partial charge in [-0.15, -0.1) is 0 Å². The number of anilines is 1. The molecule has 1 amide bonds. The zero-order valence-corrected chi connectivity index (χ0v) is 14.2. The number of amides is 1. The normalized spacial score (nSPS) is 11.1. The standard InChI is InChI=1S/C19H22N4O/c1-4-5-6-7-8-22-18-14(2)9-15(13-23-18)16-10-17(12-21-11-16)19(24)20-3/h5-13H,4H2,1-3H3,(H,20,24)(H,22,23)/b6-5+,8-7+. The van der Waals surface area contributed by atoms with Crippen LogP contribution in [0.4, 0.5) is 5.82 Å². The molecule has 0 aromatic carbocycles. The summed E-state index contributed by atoms with van der Waals surface area (Å²) in [6, 6.07) is 3.83. The van der Waals surface area contributed by atoms with Crippen molar-refractivity contribution in [2.45, 2.75) is 20.3 Å². The minimum absolute atomic E-state index is 0.155. The summed E-state index contributed by atoms with van der Waals surface area (Å²) in [5.74, 6) is 0.646. The van der Waals surface area contributed by atoms with Crippen LogP contribution in [-0.4, -0.2) is 22.9 Å². The van der Waals surface area contributed by atoms with Crippen LogP contribution in [0.2, 0.25) is 0 Å². The third-order valence-electron chi connectivity index (χ3n) is 3.44. The lowest BCUT2D eigenvalue weighted by Gasteiger charge is -2.08. The van der Waals surface area contributed by atoms with E-state index in [1.54, 1.807) is 25.6 Å². The van der Waals surface area contributed by atoms with E-state index < -0.39 is 0 Å². The van der Waals surface area contributed by atoms with Crippen LogP contribution < -0.4 is 10.6 Å². The molecule has 2 heterocycles. The van der Waals surface area contributed by atoms with Gasteiger partial charge in [-0.1, -0.05) is 19.1 Å². The molecule has 124 valence electrons. The number of aromatic nitrogens is 2. The Morgan fingerprint density at radius 1 is 1.17 bits per heavy atom. The first-order valence-corrected chi connectivity index (χ1v) is 7.88. The van der Waals surface area contributed by atoms with Crippen molar-refractivity contribution in [3.63, 3.8) is 0 Å². The molecular weight excluding hydrogens is 300 g/mol. The van der Waals surface area contributed by atoms with E-state index in [1.165, 1.54) is 0 Å². The number of pyridine rings is 2. The Balaban J connectivity index is 2.19. The van der Waals surface area contributed by atoms with Gasteiger partial charge in [0.1, 0.15) is 5.82 Å². The van der Waals surface area contributed by atoms with Crippen LogP contribution in [0.5, 0.6) is 0 Å². The van der Waals surface area contributed by atoms with Crippen molar-refractivity contribution in [3.8, 4) is 11.1 Å². The molecule has 0 saturated heterocycles. The molecule has 2 aromatic rings. The molecule has 0 saturated carbocycles. The van der Waals surface area contributed by atoms with Crippen LogP contribution in [0.15, 0.2) is 55.2 Å². The van der Waals surface area contributed by atoms with Gasteiger partial charge >= 0.3 is 0 Å².